The molecule has 0 radical (unpaired) electrons. The summed E-state index contributed by atoms with van der Waals surface area (Å²) in [5.74, 6) is 0. The lowest BCUT2D eigenvalue weighted by Gasteiger charge is -2.37. The maximum atomic E-state index is 12.1. The summed E-state index contributed by atoms with van der Waals surface area (Å²) < 4.78 is 47.1. The zero-order valence-electron chi connectivity index (χ0n) is 21.7. The number of hydrogen-bond acceptors (Lipinski definition) is 4. The van der Waals surface area contributed by atoms with E-state index in [1.165, 1.54) is 0 Å². The standard InChI is InChI=1S/C10H23NO2SSi.C6H15ClSi.C4H9NO2S/c1-9(2,3)15(5,6)11-14(12,13)10(4)7-8-10;1-6(2,3)8(4,5)7;1-4(2-3-4)8(5,6)7/h11H,7-8H2,1-6H3;1-5H3;2-3H2,1H3,(H2,5,6,7). The summed E-state index contributed by atoms with van der Waals surface area (Å²) in [7, 11) is -9.68. The second-order valence-electron chi connectivity index (χ2n) is 12.6. The third kappa shape index (κ3) is 9.01. The van der Waals surface area contributed by atoms with Gasteiger partial charge in [0.2, 0.25) is 20.0 Å². The van der Waals surface area contributed by atoms with Crippen LogP contribution >= 0.6 is 11.1 Å². The third-order valence-corrected chi connectivity index (χ3v) is 22.9. The molecule has 2 rings (SSSR count). The van der Waals surface area contributed by atoms with Crippen molar-refractivity contribution in [1.29, 1.82) is 0 Å². The van der Waals surface area contributed by atoms with Crippen LogP contribution in [0.15, 0.2) is 0 Å². The van der Waals surface area contributed by atoms with Crippen LogP contribution in [-0.4, -0.2) is 41.9 Å². The van der Waals surface area contributed by atoms with Crippen molar-refractivity contribution in [2.45, 2.75) is 127 Å². The van der Waals surface area contributed by atoms with Crippen LogP contribution < -0.4 is 9.53 Å². The van der Waals surface area contributed by atoms with Gasteiger partial charge in [0, 0.05) is 0 Å². The number of sulfonamides is 2. The van der Waals surface area contributed by atoms with Gasteiger partial charge in [-0.25, -0.2) is 26.4 Å². The molecule has 11 heteroatoms. The zero-order chi connectivity index (χ0) is 25.5. The van der Waals surface area contributed by atoms with Gasteiger partial charge in [-0.05, 0) is 49.6 Å². The first-order valence-corrected chi connectivity index (χ1v) is 20.9. The van der Waals surface area contributed by atoms with E-state index in [0.29, 0.717) is 5.04 Å². The number of nitrogens with one attached hydrogen (secondary N) is 1. The van der Waals surface area contributed by atoms with Crippen LogP contribution in [0.5, 0.6) is 0 Å². The van der Waals surface area contributed by atoms with Crippen molar-refractivity contribution in [1.82, 2.24) is 4.39 Å². The molecule has 188 valence electrons. The molecule has 2 aliphatic carbocycles. The predicted octanol–water partition coefficient (Wildman–Crippen LogP) is 5.52. The summed E-state index contributed by atoms with van der Waals surface area (Å²) in [6.45, 7) is 24.9. The van der Waals surface area contributed by atoms with E-state index >= 15 is 0 Å². The van der Waals surface area contributed by atoms with Gasteiger partial charge in [0.15, 0.2) is 7.38 Å². The highest BCUT2D eigenvalue weighted by atomic mass is 35.6. The molecule has 0 spiro atoms. The van der Waals surface area contributed by atoms with Gasteiger partial charge in [-0.3, -0.25) is 0 Å². The molecule has 2 aliphatic rings. The van der Waals surface area contributed by atoms with Gasteiger partial charge in [-0.15, -0.1) is 0 Å². The van der Waals surface area contributed by atoms with Crippen molar-refractivity contribution >= 4 is 46.7 Å². The normalized spacial score (nSPS) is 20.6. The molecule has 0 aliphatic heterocycles. The number of halogens is 1. The van der Waals surface area contributed by atoms with Crippen molar-refractivity contribution < 1.29 is 16.8 Å². The summed E-state index contributed by atoms with van der Waals surface area (Å²) >= 11 is 6.15. The average molecular weight is 535 g/mol. The highest BCUT2D eigenvalue weighted by Crippen LogP contribution is 2.44. The van der Waals surface area contributed by atoms with E-state index in [9.17, 15) is 16.8 Å². The van der Waals surface area contributed by atoms with Gasteiger partial charge in [-0.1, -0.05) is 67.7 Å². The summed E-state index contributed by atoms with van der Waals surface area (Å²) in [6, 6.07) is 0. The average Bonchev–Trinajstić information content (AvgIpc) is 3.34. The molecule has 31 heavy (non-hydrogen) atoms. The van der Waals surface area contributed by atoms with E-state index in [1.54, 1.807) is 6.92 Å². The van der Waals surface area contributed by atoms with Crippen LogP contribution in [0.3, 0.4) is 0 Å². The molecule has 0 aromatic heterocycles. The van der Waals surface area contributed by atoms with E-state index in [4.69, 9.17) is 16.2 Å². The van der Waals surface area contributed by atoms with Gasteiger partial charge >= 0.3 is 0 Å². The van der Waals surface area contributed by atoms with Crippen molar-refractivity contribution in [2.24, 2.45) is 5.14 Å². The minimum Gasteiger partial charge on any atom is -0.236 e. The predicted molar refractivity (Wildman–Crippen MR) is 141 cm³/mol. The second kappa shape index (κ2) is 9.30. The minimum atomic E-state index is -3.23. The largest absolute Gasteiger partial charge is 0.236 e. The Hall–Kier alpha value is 0.544. The lowest BCUT2D eigenvalue weighted by Crippen LogP contribution is -2.56. The Kier molecular flexibility index (Phi) is 9.46. The Balaban J connectivity index is 0.000000477. The fraction of sp³-hybridized carbons (Fsp3) is 1.00. The Labute approximate surface area is 199 Å². The Bertz CT molecular complexity index is 818. The summed E-state index contributed by atoms with van der Waals surface area (Å²) in [5.41, 5.74) is 0. The molecular weight excluding hydrogens is 488 g/mol. The molecule has 0 aromatic carbocycles. The van der Waals surface area contributed by atoms with Crippen LogP contribution in [0, 0.1) is 0 Å². The van der Waals surface area contributed by atoms with E-state index < -0.39 is 45.2 Å². The third-order valence-electron chi connectivity index (χ3n) is 7.29. The summed E-state index contributed by atoms with van der Waals surface area (Å²) in [4.78, 5) is 0. The molecule has 3 N–H and O–H groups in total. The number of nitrogens with two attached hydrogens (primary N) is 1. The zero-order valence-corrected chi connectivity index (χ0v) is 26.1. The molecule has 0 heterocycles. The van der Waals surface area contributed by atoms with Crippen molar-refractivity contribution in [3.63, 3.8) is 0 Å². The lowest BCUT2D eigenvalue weighted by atomic mass is 10.2. The van der Waals surface area contributed by atoms with Gasteiger partial charge in [0.05, 0.1) is 9.49 Å². The van der Waals surface area contributed by atoms with E-state index in [-0.39, 0.29) is 5.04 Å². The second-order valence-corrected chi connectivity index (χ2v) is 29.6. The maximum absolute atomic E-state index is 12.1. The smallest absolute Gasteiger partial charge is 0.214 e. The molecule has 2 saturated carbocycles. The molecule has 2 fully saturated rings. The highest BCUT2D eigenvalue weighted by Gasteiger charge is 2.53. The fourth-order valence-electron chi connectivity index (χ4n) is 1.52. The fourth-order valence-corrected chi connectivity index (χ4v) is 7.73. The number of primary sulfonamides is 1. The topological polar surface area (TPSA) is 106 Å². The molecule has 0 saturated heterocycles. The van der Waals surface area contributed by atoms with Crippen LogP contribution in [0.25, 0.3) is 0 Å². The first-order chi connectivity index (χ1) is 13.1. The van der Waals surface area contributed by atoms with E-state index in [0.717, 1.165) is 25.7 Å². The quantitative estimate of drug-likeness (QED) is 0.365. The van der Waals surface area contributed by atoms with Crippen LogP contribution in [0.4, 0.5) is 0 Å². The lowest BCUT2D eigenvalue weighted by molar-refractivity contribution is 0.575. The molecule has 0 aromatic rings. The first-order valence-electron chi connectivity index (χ1n) is 10.9. The van der Waals surface area contributed by atoms with Crippen LogP contribution in [-0.2, 0) is 20.0 Å². The Morgan fingerprint density at radius 1 is 0.774 bits per heavy atom. The first kappa shape index (κ1) is 31.5. The monoisotopic (exact) mass is 534 g/mol. The number of rotatable bonds is 4. The van der Waals surface area contributed by atoms with Crippen molar-refractivity contribution in [2.75, 3.05) is 0 Å². The number of hydrogen-bond donors (Lipinski definition) is 2. The summed E-state index contributed by atoms with van der Waals surface area (Å²) in [5, 5.41) is 5.24. The van der Waals surface area contributed by atoms with Gasteiger partial charge in [0.25, 0.3) is 0 Å². The summed E-state index contributed by atoms with van der Waals surface area (Å²) in [6.07, 6.45) is 3.06. The molecule has 0 bridgehead atoms. The minimum absolute atomic E-state index is 0.0469. The maximum Gasteiger partial charge on any atom is 0.214 e. The Morgan fingerprint density at radius 2 is 1.06 bits per heavy atom. The van der Waals surface area contributed by atoms with Crippen molar-refractivity contribution in [3.05, 3.63) is 0 Å². The van der Waals surface area contributed by atoms with Gasteiger partial charge < -0.3 is 0 Å². The van der Waals surface area contributed by atoms with Gasteiger partial charge in [-0.2, -0.15) is 11.1 Å². The van der Waals surface area contributed by atoms with E-state index in [2.05, 4.69) is 72.1 Å². The molecular formula is C20H47ClN2O4S2Si2. The van der Waals surface area contributed by atoms with E-state index in [1.807, 2.05) is 6.92 Å². The van der Waals surface area contributed by atoms with Crippen LogP contribution in [0.1, 0.15) is 81.1 Å². The molecule has 0 amide bonds. The van der Waals surface area contributed by atoms with Crippen LogP contribution in [0.2, 0.25) is 36.3 Å². The molecule has 6 nitrogen and oxygen atoms in total. The van der Waals surface area contributed by atoms with Gasteiger partial charge in [0.1, 0.15) is 8.24 Å². The SMILES string of the molecule is CC(C)(C)[Si](C)(C)Cl.CC(C)(C)[Si](C)(C)NS(=O)(=O)C1(C)CC1.CC1(S(N)(=O)=O)CC1. The Morgan fingerprint density at radius 3 is 1.19 bits per heavy atom. The molecule has 0 unspecified atom stereocenters. The van der Waals surface area contributed by atoms with Crippen molar-refractivity contribution in [3.8, 4) is 0 Å². The molecule has 0 atom stereocenters. The highest BCUT2D eigenvalue weighted by molar-refractivity contribution is 7.92.